The third-order valence-corrected chi connectivity index (χ3v) is 3.91. The fourth-order valence-electron chi connectivity index (χ4n) is 2.59. The lowest BCUT2D eigenvalue weighted by Crippen LogP contribution is -2.31. The molecule has 2 nitrogen and oxygen atoms in total. The molecule has 3 rings (SSSR count). The Labute approximate surface area is 131 Å². The molecule has 0 amide bonds. The van der Waals surface area contributed by atoms with E-state index in [0.717, 1.165) is 11.1 Å². The number of aryl methyl sites for hydroxylation is 2. The van der Waals surface area contributed by atoms with Gasteiger partial charge in [0.15, 0.2) is 0 Å². The standard InChI is InChI=1S/C20H19NO/c1-16-8-12-19(13-9-16)21(22,18-6-4-3-5-7-18)20-14-10-17(2)11-15-20/h3-15H,1-2H3. The first-order valence-corrected chi connectivity index (χ1v) is 7.41. The maximum absolute atomic E-state index is 13.9. The Hall–Kier alpha value is -2.42. The summed E-state index contributed by atoms with van der Waals surface area (Å²) in [6, 6.07) is 25.1. The predicted octanol–water partition coefficient (Wildman–Crippen LogP) is 5.77. The van der Waals surface area contributed by atoms with Crippen LogP contribution in [0.4, 0.5) is 17.1 Å². The van der Waals surface area contributed by atoms with E-state index in [-0.39, 0.29) is 0 Å². The molecule has 0 N–H and O–H groups in total. The van der Waals surface area contributed by atoms with Crippen LogP contribution >= 0.6 is 0 Å². The van der Waals surface area contributed by atoms with Crippen LogP contribution in [0.15, 0.2) is 78.9 Å². The topological polar surface area (TPSA) is 23.1 Å². The normalized spacial score (nSPS) is 11.4. The van der Waals surface area contributed by atoms with Crippen LogP contribution in [0, 0.1) is 19.1 Å². The van der Waals surface area contributed by atoms with E-state index in [1.54, 1.807) is 0 Å². The van der Waals surface area contributed by atoms with Crippen LogP contribution in [0.2, 0.25) is 0 Å². The van der Waals surface area contributed by atoms with E-state index in [1.807, 2.05) is 92.7 Å². The van der Waals surface area contributed by atoms with Gasteiger partial charge in [-0.1, -0.05) is 53.6 Å². The Morgan fingerprint density at radius 1 is 0.545 bits per heavy atom. The molecule has 0 spiro atoms. The molecule has 0 atom stereocenters. The summed E-state index contributed by atoms with van der Waals surface area (Å²) in [7, 11) is 0. The van der Waals surface area contributed by atoms with Crippen LogP contribution in [0.3, 0.4) is 0 Å². The second-order valence-corrected chi connectivity index (χ2v) is 5.62. The Bertz CT molecular complexity index is 700. The van der Waals surface area contributed by atoms with Gasteiger partial charge < -0.3 is 5.21 Å². The zero-order valence-corrected chi connectivity index (χ0v) is 12.9. The van der Waals surface area contributed by atoms with Crippen LogP contribution in [0.25, 0.3) is 0 Å². The number of quaternary nitrogens is 1. The van der Waals surface area contributed by atoms with Gasteiger partial charge in [-0.05, 0) is 13.8 Å². The number of hydrogen-bond acceptors (Lipinski definition) is 1. The molecule has 2 heteroatoms. The minimum atomic E-state index is -0.582. The highest BCUT2D eigenvalue weighted by atomic mass is 16.5. The van der Waals surface area contributed by atoms with Crippen LogP contribution in [-0.2, 0) is 0 Å². The van der Waals surface area contributed by atoms with Gasteiger partial charge in [-0.25, -0.2) is 0 Å². The SMILES string of the molecule is Cc1ccc([N+]([O-])(c2ccccc2)c2ccc(C)cc2)cc1. The molecule has 0 aliphatic rings. The number of nitrogens with zero attached hydrogens (tertiary/aromatic N) is 1. The first kappa shape index (κ1) is 14.5. The Morgan fingerprint density at radius 3 is 1.32 bits per heavy atom. The van der Waals surface area contributed by atoms with E-state index in [2.05, 4.69) is 0 Å². The maximum atomic E-state index is 13.9. The molecule has 110 valence electrons. The number of para-hydroxylation sites is 1. The fourth-order valence-corrected chi connectivity index (χ4v) is 2.59. The average molecular weight is 289 g/mol. The van der Waals surface area contributed by atoms with Gasteiger partial charge in [0.1, 0.15) is 17.1 Å². The summed E-state index contributed by atoms with van der Waals surface area (Å²) >= 11 is 0. The van der Waals surface area contributed by atoms with E-state index in [4.69, 9.17) is 0 Å². The Balaban J connectivity index is 2.22. The van der Waals surface area contributed by atoms with Gasteiger partial charge in [0.05, 0.1) is 0 Å². The van der Waals surface area contributed by atoms with Gasteiger partial charge in [-0.15, -0.1) is 0 Å². The maximum Gasteiger partial charge on any atom is 0.143 e. The third-order valence-electron chi connectivity index (χ3n) is 3.91. The molecule has 0 fully saturated rings. The minimum Gasteiger partial charge on any atom is -0.616 e. The van der Waals surface area contributed by atoms with Crippen molar-refractivity contribution in [3.63, 3.8) is 0 Å². The van der Waals surface area contributed by atoms with Gasteiger partial charge in [-0.3, -0.25) is 4.65 Å². The molecule has 22 heavy (non-hydrogen) atoms. The van der Waals surface area contributed by atoms with E-state index >= 15 is 0 Å². The van der Waals surface area contributed by atoms with E-state index in [1.165, 1.54) is 0 Å². The molecule has 0 bridgehead atoms. The molecular formula is C20H19NO. The molecule has 3 aromatic carbocycles. The zero-order chi connectivity index (χ0) is 15.6. The van der Waals surface area contributed by atoms with Gasteiger partial charge >= 0.3 is 0 Å². The smallest absolute Gasteiger partial charge is 0.143 e. The third kappa shape index (κ3) is 2.54. The van der Waals surface area contributed by atoms with Crippen LogP contribution in [0.5, 0.6) is 0 Å². The van der Waals surface area contributed by atoms with Gasteiger partial charge in [0.2, 0.25) is 0 Å². The van der Waals surface area contributed by atoms with Crippen molar-refractivity contribution in [1.29, 1.82) is 0 Å². The summed E-state index contributed by atoms with van der Waals surface area (Å²) in [5.41, 5.74) is 4.41. The molecular weight excluding hydrogens is 270 g/mol. The molecule has 0 unspecified atom stereocenters. The number of hydrogen-bond donors (Lipinski definition) is 0. The van der Waals surface area contributed by atoms with Gasteiger partial charge in [0.25, 0.3) is 0 Å². The first-order chi connectivity index (χ1) is 10.6. The van der Waals surface area contributed by atoms with E-state index in [9.17, 15) is 5.21 Å². The molecule has 3 aromatic rings. The lowest BCUT2D eigenvalue weighted by molar-refractivity contribution is 0.692. The van der Waals surface area contributed by atoms with Crippen molar-refractivity contribution in [3.8, 4) is 0 Å². The van der Waals surface area contributed by atoms with E-state index in [0.29, 0.717) is 17.1 Å². The number of benzene rings is 3. The van der Waals surface area contributed by atoms with Crippen LogP contribution in [-0.4, -0.2) is 0 Å². The van der Waals surface area contributed by atoms with Gasteiger partial charge in [0, 0.05) is 36.4 Å². The average Bonchev–Trinajstić information content (AvgIpc) is 2.56. The van der Waals surface area contributed by atoms with Crippen molar-refractivity contribution in [2.24, 2.45) is 0 Å². The second-order valence-electron chi connectivity index (χ2n) is 5.62. The molecule has 0 aliphatic heterocycles. The van der Waals surface area contributed by atoms with Gasteiger partial charge in [-0.2, -0.15) is 0 Å². The molecule has 0 aliphatic carbocycles. The van der Waals surface area contributed by atoms with E-state index < -0.39 is 4.65 Å². The second kappa shape index (κ2) is 5.76. The monoisotopic (exact) mass is 289 g/mol. The summed E-state index contributed by atoms with van der Waals surface area (Å²) in [4.78, 5) is 0. The zero-order valence-electron chi connectivity index (χ0n) is 12.9. The van der Waals surface area contributed by atoms with Crippen molar-refractivity contribution in [2.45, 2.75) is 13.8 Å². The lowest BCUT2D eigenvalue weighted by atomic mass is 10.1. The van der Waals surface area contributed by atoms with Crippen molar-refractivity contribution < 1.29 is 0 Å². The highest BCUT2D eigenvalue weighted by Gasteiger charge is 2.26. The van der Waals surface area contributed by atoms with Crippen molar-refractivity contribution in [3.05, 3.63) is 95.2 Å². The fraction of sp³-hybridized carbons (Fsp3) is 0.100. The van der Waals surface area contributed by atoms with Crippen LogP contribution in [0.1, 0.15) is 11.1 Å². The summed E-state index contributed by atoms with van der Waals surface area (Å²) in [6.07, 6.45) is 0. The summed E-state index contributed by atoms with van der Waals surface area (Å²) in [5, 5.41) is 13.9. The Kier molecular flexibility index (Phi) is 3.80. The quantitative estimate of drug-likeness (QED) is 0.443. The molecule has 0 aromatic heterocycles. The molecule has 0 heterocycles. The molecule has 0 radical (unpaired) electrons. The van der Waals surface area contributed by atoms with Crippen molar-refractivity contribution >= 4 is 17.1 Å². The lowest BCUT2D eigenvalue weighted by Gasteiger charge is -2.41. The summed E-state index contributed by atoms with van der Waals surface area (Å²) in [5.74, 6) is 0. The molecule has 0 saturated carbocycles. The first-order valence-electron chi connectivity index (χ1n) is 7.41. The largest absolute Gasteiger partial charge is 0.616 e. The highest BCUT2D eigenvalue weighted by molar-refractivity contribution is 5.71. The van der Waals surface area contributed by atoms with Crippen molar-refractivity contribution in [1.82, 2.24) is 4.65 Å². The minimum absolute atomic E-state index is 0.582. The highest BCUT2D eigenvalue weighted by Crippen LogP contribution is 2.42. The summed E-state index contributed by atoms with van der Waals surface area (Å²) in [6.45, 7) is 4.05. The summed E-state index contributed by atoms with van der Waals surface area (Å²) < 4.78 is -0.582. The van der Waals surface area contributed by atoms with Crippen molar-refractivity contribution in [2.75, 3.05) is 0 Å². The predicted molar refractivity (Wildman–Crippen MR) is 93.3 cm³/mol. The Morgan fingerprint density at radius 2 is 0.909 bits per heavy atom. The number of rotatable bonds is 3. The van der Waals surface area contributed by atoms with Crippen LogP contribution < -0.4 is 4.65 Å². The molecule has 0 saturated heterocycles.